The predicted molar refractivity (Wildman–Crippen MR) is 115 cm³/mol. The lowest BCUT2D eigenvalue weighted by Gasteiger charge is -2.13. The average molecular weight is 466 g/mol. The Bertz CT molecular complexity index is 1040. The van der Waals surface area contributed by atoms with Gasteiger partial charge in [0, 0.05) is 4.47 Å². The molecule has 3 rings (SSSR count). The zero-order chi connectivity index (χ0) is 19.6. The highest BCUT2D eigenvalue weighted by molar-refractivity contribution is 9.10. The second-order valence-electron chi connectivity index (χ2n) is 5.56. The molecule has 27 heavy (non-hydrogen) atoms. The molecule has 0 aliphatic rings. The van der Waals surface area contributed by atoms with Gasteiger partial charge in [0.05, 0.1) is 30.0 Å². The normalized spacial score (nSPS) is 10.5. The number of fused-ring (bicyclic) bond motifs is 1. The molecule has 6 nitrogen and oxygen atoms in total. The second-order valence-corrected chi connectivity index (χ2v) is 7.92. The number of carbonyl (C=O) groups excluding carboxylic acids is 1. The quantitative estimate of drug-likeness (QED) is 0.552. The Kier molecular flexibility index (Phi) is 5.93. The van der Waals surface area contributed by atoms with E-state index in [2.05, 4.69) is 31.5 Å². The van der Waals surface area contributed by atoms with E-state index in [1.807, 2.05) is 31.2 Å². The maximum Gasteiger partial charge on any atom is 0.261 e. The number of aromatic nitrogens is 1. The van der Waals surface area contributed by atoms with Crippen LogP contribution < -0.4 is 20.1 Å². The number of thiocarbonyl (C=S) groups is 1. The number of ether oxygens (including phenoxy) is 2. The fraction of sp³-hybridized carbons (Fsp3) is 0.167. The van der Waals surface area contributed by atoms with Gasteiger partial charge in [-0.15, -0.1) is 0 Å². The van der Waals surface area contributed by atoms with E-state index < -0.39 is 0 Å². The fourth-order valence-corrected chi connectivity index (χ4v) is 4.28. The number of nitrogens with one attached hydrogen (secondary N) is 2. The van der Waals surface area contributed by atoms with Crippen molar-refractivity contribution in [3.8, 4) is 11.5 Å². The number of hydrogen-bond acceptors (Lipinski definition) is 6. The van der Waals surface area contributed by atoms with Gasteiger partial charge in [-0.25, -0.2) is 4.98 Å². The third-order valence-corrected chi connectivity index (χ3v) is 5.33. The summed E-state index contributed by atoms with van der Waals surface area (Å²) in [6.45, 7) is 1.87. The average Bonchev–Trinajstić information content (AvgIpc) is 3.01. The van der Waals surface area contributed by atoms with Crippen LogP contribution in [0, 0.1) is 6.92 Å². The first-order chi connectivity index (χ1) is 12.9. The lowest BCUT2D eigenvalue weighted by molar-refractivity contribution is 0.0974. The first-order valence-corrected chi connectivity index (χ1v) is 9.84. The van der Waals surface area contributed by atoms with Gasteiger partial charge in [-0.1, -0.05) is 27.3 Å². The minimum atomic E-state index is -0.364. The highest BCUT2D eigenvalue weighted by Crippen LogP contribution is 2.30. The highest BCUT2D eigenvalue weighted by Gasteiger charge is 2.17. The number of benzene rings is 2. The monoisotopic (exact) mass is 465 g/mol. The molecule has 1 amide bonds. The Hall–Kier alpha value is -2.23. The minimum absolute atomic E-state index is 0.158. The largest absolute Gasteiger partial charge is 0.497 e. The molecule has 1 aromatic heterocycles. The van der Waals surface area contributed by atoms with Crippen molar-refractivity contribution in [3.63, 3.8) is 0 Å². The second kappa shape index (κ2) is 8.20. The zero-order valence-corrected chi connectivity index (χ0v) is 18.0. The standard InChI is InChI=1S/C18H16BrN3O3S2/c1-9-6-10(19)7-12(15(9)25-3)16(23)21-17(26)22-18-20-13-5-4-11(24-2)8-14(13)27-18/h4-8H,1-3H3,(H2,20,21,22,23,26). The van der Waals surface area contributed by atoms with Crippen LogP contribution >= 0.6 is 39.5 Å². The van der Waals surface area contributed by atoms with Gasteiger partial charge >= 0.3 is 0 Å². The molecule has 140 valence electrons. The van der Waals surface area contributed by atoms with Crippen molar-refractivity contribution in [2.24, 2.45) is 0 Å². The summed E-state index contributed by atoms with van der Waals surface area (Å²) in [6.07, 6.45) is 0. The van der Waals surface area contributed by atoms with Crippen molar-refractivity contribution in [3.05, 3.63) is 45.9 Å². The summed E-state index contributed by atoms with van der Waals surface area (Å²) in [4.78, 5) is 17.1. The number of thiazole rings is 1. The Labute approximate surface area is 174 Å². The third kappa shape index (κ3) is 4.37. The summed E-state index contributed by atoms with van der Waals surface area (Å²) in [5, 5.41) is 6.36. The lowest BCUT2D eigenvalue weighted by atomic mass is 10.1. The molecule has 0 fully saturated rings. The van der Waals surface area contributed by atoms with Gasteiger partial charge in [0.2, 0.25) is 0 Å². The number of amides is 1. The Balaban J connectivity index is 1.75. The van der Waals surface area contributed by atoms with Crippen LogP contribution in [0.25, 0.3) is 10.2 Å². The van der Waals surface area contributed by atoms with Crippen LogP contribution in [-0.2, 0) is 0 Å². The lowest BCUT2D eigenvalue weighted by Crippen LogP contribution is -2.34. The smallest absolute Gasteiger partial charge is 0.261 e. The van der Waals surface area contributed by atoms with E-state index in [0.29, 0.717) is 16.4 Å². The molecule has 0 bridgehead atoms. The van der Waals surface area contributed by atoms with Crippen molar-refractivity contribution in [1.29, 1.82) is 0 Å². The minimum Gasteiger partial charge on any atom is -0.497 e. The van der Waals surface area contributed by atoms with Crippen molar-refractivity contribution in [2.45, 2.75) is 6.92 Å². The van der Waals surface area contributed by atoms with Crippen molar-refractivity contribution in [1.82, 2.24) is 10.3 Å². The van der Waals surface area contributed by atoms with Gasteiger partial charge in [-0.3, -0.25) is 10.1 Å². The summed E-state index contributed by atoms with van der Waals surface area (Å²) in [7, 11) is 3.14. The zero-order valence-electron chi connectivity index (χ0n) is 14.8. The molecule has 0 unspecified atom stereocenters. The fourth-order valence-electron chi connectivity index (χ4n) is 2.55. The van der Waals surface area contributed by atoms with Gasteiger partial charge in [0.15, 0.2) is 10.2 Å². The number of halogens is 1. The SMILES string of the molecule is COc1ccc2nc(NC(=S)NC(=O)c3cc(Br)cc(C)c3OC)sc2c1. The number of hydrogen-bond donors (Lipinski definition) is 2. The molecule has 9 heteroatoms. The number of rotatable bonds is 4. The Morgan fingerprint density at radius 2 is 2.00 bits per heavy atom. The van der Waals surface area contributed by atoms with Gasteiger partial charge in [-0.2, -0.15) is 0 Å². The van der Waals surface area contributed by atoms with E-state index in [9.17, 15) is 4.79 Å². The highest BCUT2D eigenvalue weighted by atomic mass is 79.9. The summed E-state index contributed by atoms with van der Waals surface area (Å²) in [6, 6.07) is 9.17. The van der Waals surface area contributed by atoms with Gasteiger partial charge < -0.3 is 14.8 Å². The molecule has 2 aromatic carbocycles. The van der Waals surface area contributed by atoms with E-state index in [0.717, 1.165) is 26.0 Å². The van der Waals surface area contributed by atoms with E-state index in [1.54, 1.807) is 13.2 Å². The van der Waals surface area contributed by atoms with Crippen molar-refractivity contribution >= 4 is 65.9 Å². The summed E-state index contributed by atoms with van der Waals surface area (Å²) in [5.41, 5.74) is 2.06. The molecular weight excluding hydrogens is 450 g/mol. The number of aryl methyl sites for hydroxylation is 1. The molecule has 2 N–H and O–H groups in total. The molecule has 3 aromatic rings. The maximum absolute atomic E-state index is 12.6. The van der Waals surface area contributed by atoms with Crippen LogP contribution in [0.4, 0.5) is 5.13 Å². The van der Waals surface area contributed by atoms with Crippen LogP contribution in [0.5, 0.6) is 11.5 Å². The van der Waals surface area contributed by atoms with E-state index in [-0.39, 0.29) is 11.0 Å². The van der Waals surface area contributed by atoms with Crippen LogP contribution in [-0.4, -0.2) is 30.2 Å². The third-order valence-electron chi connectivity index (χ3n) is 3.73. The first-order valence-electron chi connectivity index (χ1n) is 7.82. The summed E-state index contributed by atoms with van der Waals surface area (Å²) >= 11 is 10.1. The van der Waals surface area contributed by atoms with Crippen LogP contribution in [0.3, 0.4) is 0 Å². The molecule has 0 aliphatic carbocycles. The molecule has 0 saturated heterocycles. The topological polar surface area (TPSA) is 72.5 Å². The van der Waals surface area contributed by atoms with Crippen LogP contribution in [0.1, 0.15) is 15.9 Å². The van der Waals surface area contributed by atoms with E-state index >= 15 is 0 Å². The molecule has 0 spiro atoms. The van der Waals surface area contributed by atoms with Gasteiger partial charge in [-0.05, 0) is 55.0 Å². The molecular formula is C18H16BrN3O3S2. The van der Waals surface area contributed by atoms with Crippen LogP contribution in [0.2, 0.25) is 0 Å². The Morgan fingerprint density at radius 1 is 1.22 bits per heavy atom. The maximum atomic E-state index is 12.6. The molecule has 0 radical (unpaired) electrons. The van der Waals surface area contributed by atoms with Crippen molar-refractivity contribution < 1.29 is 14.3 Å². The molecule has 0 atom stereocenters. The van der Waals surface area contributed by atoms with Gasteiger partial charge in [0.1, 0.15) is 11.5 Å². The van der Waals surface area contributed by atoms with E-state index in [4.69, 9.17) is 21.7 Å². The van der Waals surface area contributed by atoms with Gasteiger partial charge in [0.25, 0.3) is 5.91 Å². The number of nitrogens with zero attached hydrogens (tertiary/aromatic N) is 1. The molecule has 0 saturated carbocycles. The summed E-state index contributed by atoms with van der Waals surface area (Å²) < 4.78 is 12.3. The van der Waals surface area contributed by atoms with E-state index in [1.165, 1.54) is 18.4 Å². The number of anilines is 1. The summed E-state index contributed by atoms with van der Waals surface area (Å²) in [5.74, 6) is 0.896. The number of methoxy groups -OCH3 is 2. The Morgan fingerprint density at radius 3 is 2.70 bits per heavy atom. The molecule has 0 aliphatic heterocycles. The first kappa shape index (κ1) is 19.5. The van der Waals surface area contributed by atoms with Crippen molar-refractivity contribution in [2.75, 3.05) is 19.5 Å². The number of carbonyl (C=O) groups is 1. The predicted octanol–water partition coefficient (Wildman–Crippen LogP) is 4.51. The molecule has 1 heterocycles. The van der Waals surface area contributed by atoms with Crippen LogP contribution in [0.15, 0.2) is 34.8 Å².